The lowest BCUT2D eigenvalue weighted by Crippen LogP contribution is -2.33. The molecule has 1 aliphatic carbocycles. The summed E-state index contributed by atoms with van der Waals surface area (Å²) in [4.78, 5) is 12.4. The van der Waals surface area contributed by atoms with Crippen molar-refractivity contribution in [2.24, 2.45) is 0 Å². The zero-order valence-electron chi connectivity index (χ0n) is 12.9. The summed E-state index contributed by atoms with van der Waals surface area (Å²) in [5.41, 5.74) is 1.62. The maximum atomic E-state index is 12.4. The van der Waals surface area contributed by atoms with Crippen molar-refractivity contribution >= 4 is 17.5 Å². The van der Waals surface area contributed by atoms with E-state index < -0.39 is 6.10 Å². The SMILES string of the molecule is CC(O)c1c(-c2ccc(Cl)cc2)noc1C(=O)NC1CCCC1. The van der Waals surface area contributed by atoms with E-state index in [0.29, 0.717) is 16.3 Å². The molecule has 0 bridgehead atoms. The largest absolute Gasteiger partial charge is 0.388 e. The zero-order valence-corrected chi connectivity index (χ0v) is 13.6. The molecule has 1 unspecified atom stereocenters. The van der Waals surface area contributed by atoms with Crippen LogP contribution >= 0.6 is 11.6 Å². The van der Waals surface area contributed by atoms with Gasteiger partial charge in [0.15, 0.2) is 0 Å². The van der Waals surface area contributed by atoms with Crippen molar-refractivity contribution in [1.82, 2.24) is 10.5 Å². The van der Waals surface area contributed by atoms with Gasteiger partial charge in [0.25, 0.3) is 5.91 Å². The summed E-state index contributed by atoms with van der Waals surface area (Å²) in [5.74, 6) is -0.239. The lowest BCUT2D eigenvalue weighted by Gasteiger charge is -2.12. The quantitative estimate of drug-likeness (QED) is 0.893. The Hall–Kier alpha value is -1.85. The molecule has 5 nitrogen and oxygen atoms in total. The van der Waals surface area contributed by atoms with Crippen LogP contribution in [0.3, 0.4) is 0 Å². The number of halogens is 1. The van der Waals surface area contributed by atoms with E-state index in [2.05, 4.69) is 10.5 Å². The van der Waals surface area contributed by atoms with Crippen LogP contribution < -0.4 is 5.32 Å². The van der Waals surface area contributed by atoms with E-state index in [4.69, 9.17) is 16.1 Å². The Morgan fingerprint density at radius 1 is 1.35 bits per heavy atom. The molecule has 3 rings (SSSR count). The van der Waals surface area contributed by atoms with Crippen LogP contribution in [0.1, 0.15) is 54.8 Å². The van der Waals surface area contributed by atoms with Crippen molar-refractivity contribution in [3.05, 3.63) is 40.6 Å². The Balaban J connectivity index is 1.91. The highest BCUT2D eigenvalue weighted by Crippen LogP contribution is 2.31. The molecule has 1 amide bonds. The number of amides is 1. The van der Waals surface area contributed by atoms with Gasteiger partial charge in [-0.05, 0) is 31.9 Å². The molecule has 1 heterocycles. The van der Waals surface area contributed by atoms with Gasteiger partial charge in [0.2, 0.25) is 5.76 Å². The van der Waals surface area contributed by atoms with Gasteiger partial charge in [0.1, 0.15) is 5.69 Å². The summed E-state index contributed by atoms with van der Waals surface area (Å²) in [7, 11) is 0. The maximum absolute atomic E-state index is 12.4. The van der Waals surface area contributed by atoms with Crippen LogP contribution in [-0.2, 0) is 0 Å². The molecule has 1 aromatic carbocycles. The minimum atomic E-state index is -0.865. The average Bonchev–Trinajstić information content (AvgIpc) is 3.16. The monoisotopic (exact) mass is 334 g/mol. The number of carbonyl (C=O) groups excluding carboxylic acids is 1. The molecule has 1 atom stereocenters. The molecular weight excluding hydrogens is 316 g/mol. The van der Waals surface area contributed by atoms with E-state index >= 15 is 0 Å². The molecule has 122 valence electrons. The molecule has 0 aliphatic heterocycles. The van der Waals surface area contributed by atoms with Crippen molar-refractivity contribution in [3.63, 3.8) is 0 Å². The van der Waals surface area contributed by atoms with Crippen LogP contribution in [0, 0.1) is 0 Å². The summed E-state index contributed by atoms with van der Waals surface area (Å²) in [5, 5.41) is 17.7. The van der Waals surface area contributed by atoms with Gasteiger partial charge in [-0.15, -0.1) is 0 Å². The van der Waals surface area contributed by atoms with Crippen LogP contribution in [0.25, 0.3) is 11.3 Å². The van der Waals surface area contributed by atoms with E-state index in [1.807, 2.05) is 0 Å². The number of rotatable bonds is 4. The van der Waals surface area contributed by atoms with Crippen molar-refractivity contribution < 1.29 is 14.4 Å². The minimum absolute atomic E-state index is 0.0804. The smallest absolute Gasteiger partial charge is 0.290 e. The minimum Gasteiger partial charge on any atom is -0.388 e. The molecule has 1 saturated carbocycles. The van der Waals surface area contributed by atoms with E-state index in [0.717, 1.165) is 31.2 Å². The first-order valence-electron chi connectivity index (χ1n) is 7.80. The Labute approximate surface area is 139 Å². The summed E-state index contributed by atoms with van der Waals surface area (Å²) < 4.78 is 5.26. The van der Waals surface area contributed by atoms with Crippen molar-refractivity contribution in [2.45, 2.75) is 44.8 Å². The summed E-state index contributed by atoms with van der Waals surface area (Å²) >= 11 is 5.89. The van der Waals surface area contributed by atoms with Gasteiger partial charge in [-0.1, -0.05) is 41.7 Å². The lowest BCUT2D eigenvalue weighted by molar-refractivity contribution is 0.0892. The highest BCUT2D eigenvalue weighted by atomic mass is 35.5. The highest BCUT2D eigenvalue weighted by Gasteiger charge is 2.28. The van der Waals surface area contributed by atoms with Crippen LogP contribution in [0.2, 0.25) is 5.02 Å². The van der Waals surface area contributed by atoms with E-state index in [9.17, 15) is 9.90 Å². The summed E-state index contributed by atoms with van der Waals surface area (Å²) in [6, 6.07) is 7.20. The number of hydrogen-bond acceptors (Lipinski definition) is 4. The molecule has 2 aromatic rings. The number of aromatic nitrogens is 1. The fourth-order valence-corrected chi connectivity index (χ4v) is 3.11. The van der Waals surface area contributed by atoms with Gasteiger partial charge in [-0.2, -0.15) is 0 Å². The number of benzene rings is 1. The molecule has 6 heteroatoms. The van der Waals surface area contributed by atoms with Crippen LogP contribution in [0.4, 0.5) is 0 Å². The van der Waals surface area contributed by atoms with Gasteiger partial charge < -0.3 is 14.9 Å². The number of aliphatic hydroxyl groups excluding tert-OH is 1. The van der Waals surface area contributed by atoms with Crippen LogP contribution in [-0.4, -0.2) is 22.2 Å². The molecule has 0 radical (unpaired) electrons. The zero-order chi connectivity index (χ0) is 16.4. The predicted octanol–water partition coefficient (Wildman–Crippen LogP) is 3.72. The third-order valence-corrected chi connectivity index (χ3v) is 4.41. The van der Waals surface area contributed by atoms with Gasteiger partial charge in [-0.3, -0.25) is 4.79 Å². The first-order valence-corrected chi connectivity index (χ1v) is 8.18. The molecule has 1 fully saturated rings. The second kappa shape index (κ2) is 6.72. The molecule has 0 spiro atoms. The second-order valence-corrected chi connectivity index (χ2v) is 6.35. The van der Waals surface area contributed by atoms with Crippen molar-refractivity contribution in [1.29, 1.82) is 0 Å². The number of nitrogens with one attached hydrogen (secondary N) is 1. The predicted molar refractivity (Wildman–Crippen MR) is 87.3 cm³/mol. The van der Waals surface area contributed by atoms with E-state index in [1.165, 1.54) is 0 Å². The molecule has 23 heavy (non-hydrogen) atoms. The molecule has 0 saturated heterocycles. The van der Waals surface area contributed by atoms with Crippen molar-refractivity contribution in [3.8, 4) is 11.3 Å². The Bertz CT molecular complexity index is 688. The lowest BCUT2D eigenvalue weighted by atomic mass is 10.0. The van der Waals surface area contributed by atoms with Gasteiger partial charge in [0, 0.05) is 16.6 Å². The topological polar surface area (TPSA) is 75.4 Å². The molecule has 1 aliphatic rings. The second-order valence-electron chi connectivity index (χ2n) is 5.91. The Morgan fingerprint density at radius 2 is 2.00 bits per heavy atom. The standard InChI is InChI=1S/C17H19ClN2O3/c1-10(21)14-15(11-6-8-12(18)9-7-11)20-23-16(14)17(22)19-13-4-2-3-5-13/h6-10,13,21H,2-5H2,1H3,(H,19,22). The average molecular weight is 335 g/mol. The third kappa shape index (κ3) is 3.41. The number of hydrogen-bond donors (Lipinski definition) is 2. The van der Waals surface area contributed by atoms with Gasteiger partial charge >= 0.3 is 0 Å². The normalized spacial score (nSPS) is 16.5. The molecular formula is C17H19ClN2O3. The Morgan fingerprint density at radius 3 is 2.61 bits per heavy atom. The van der Waals surface area contributed by atoms with Gasteiger partial charge in [0.05, 0.1) is 11.7 Å². The van der Waals surface area contributed by atoms with E-state index in [1.54, 1.807) is 31.2 Å². The summed E-state index contributed by atoms with van der Waals surface area (Å²) in [6.45, 7) is 1.60. The van der Waals surface area contributed by atoms with Crippen LogP contribution in [0.5, 0.6) is 0 Å². The first-order chi connectivity index (χ1) is 11.1. The number of carbonyl (C=O) groups is 1. The fraction of sp³-hybridized carbons (Fsp3) is 0.412. The number of nitrogens with zero attached hydrogens (tertiary/aromatic N) is 1. The number of aliphatic hydroxyl groups is 1. The van der Waals surface area contributed by atoms with Gasteiger partial charge in [-0.25, -0.2) is 0 Å². The summed E-state index contributed by atoms with van der Waals surface area (Å²) in [6.07, 6.45) is 3.35. The third-order valence-electron chi connectivity index (χ3n) is 4.16. The van der Waals surface area contributed by atoms with Crippen LogP contribution in [0.15, 0.2) is 28.8 Å². The highest BCUT2D eigenvalue weighted by molar-refractivity contribution is 6.30. The van der Waals surface area contributed by atoms with Crippen molar-refractivity contribution in [2.75, 3.05) is 0 Å². The maximum Gasteiger partial charge on any atom is 0.290 e. The fourth-order valence-electron chi connectivity index (χ4n) is 2.99. The molecule has 2 N–H and O–H groups in total. The Kier molecular flexibility index (Phi) is 4.68. The molecule has 1 aromatic heterocycles. The first kappa shape index (κ1) is 16.0. The van der Waals surface area contributed by atoms with E-state index in [-0.39, 0.29) is 17.7 Å².